The molecule has 0 aromatic carbocycles. The molecule has 0 bridgehead atoms. The first-order valence-electron chi connectivity index (χ1n) is 8.09. The van der Waals surface area contributed by atoms with Crippen LogP contribution in [0.5, 0.6) is 0 Å². The van der Waals surface area contributed by atoms with Crippen LogP contribution in [-0.4, -0.2) is 86.2 Å². The summed E-state index contributed by atoms with van der Waals surface area (Å²) < 4.78 is 9.89. The standard InChI is InChI=1S/2C8H16O3.Ba/c2*1-3-5-6-7(8(9)10)11-4-2;/h2*7H,3-6H2,1-2H3,(H,9,10);/q;;+2/p-2. The van der Waals surface area contributed by atoms with Crippen LogP contribution in [0.4, 0.5) is 0 Å². The Hall–Kier alpha value is 0.431. The molecule has 0 aromatic heterocycles. The fourth-order valence-electron chi connectivity index (χ4n) is 1.72. The van der Waals surface area contributed by atoms with Gasteiger partial charge in [-0.05, 0) is 26.7 Å². The van der Waals surface area contributed by atoms with Gasteiger partial charge in [0.1, 0.15) is 0 Å². The van der Waals surface area contributed by atoms with Gasteiger partial charge in [0.15, 0.2) is 0 Å². The Kier molecular flexibility index (Phi) is 25.1. The molecule has 0 fully saturated rings. The van der Waals surface area contributed by atoms with Crippen molar-refractivity contribution in [1.29, 1.82) is 0 Å². The molecule has 132 valence electrons. The summed E-state index contributed by atoms with van der Waals surface area (Å²) >= 11 is 0. The summed E-state index contributed by atoms with van der Waals surface area (Å²) in [6.07, 6.45) is 3.42. The van der Waals surface area contributed by atoms with Crippen molar-refractivity contribution >= 4 is 60.8 Å². The molecular formula is C16H30BaO6. The third-order valence-electron chi connectivity index (χ3n) is 2.90. The maximum atomic E-state index is 10.4. The Bertz CT molecular complexity index is 258. The SMILES string of the molecule is CCCCC(OCC)C(=O)[O-].CCCCC(OCC)C(=O)[O-].[Ba+2]. The van der Waals surface area contributed by atoms with Gasteiger partial charge in [-0.2, -0.15) is 0 Å². The van der Waals surface area contributed by atoms with Gasteiger partial charge in [0.05, 0.1) is 24.1 Å². The van der Waals surface area contributed by atoms with Gasteiger partial charge >= 0.3 is 48.9 Å². The smallest absolute Gasteiger partial charge is 0.547 e. The summed E-state index contributed by atoms with van der Waals surface area (Å²) in [4.78, 5) is 20.7. The molecule has 0 rings (SSSR count). The van der Waals surface area contributed by atoms with E-state index >= 15 is 0 Å². The van der Waals surface area contributed by atoms with Crippen molar-refractivity contribution in [3.05, 3.63) is 0 Å². The summed E-state index contributed by atoms with van der Waals surface area (Å²) in [5, 5.41) is 20.7. The number of carbonyl (C=O) groups is 2. The van der Waals surface area contributed by atoms with Gasteiger partial charge in [0, 0.05) is 13.2 Å². The third kappa shape index (κ3) is 18.6. The molecule has 0 amide bonds. The van der Waals surface area contributed by atoms with Crippen LogP contribution >= 0.6 is 0 Å². The van der Waals surface area contributed by atoms with Crippen molar-refractivity contribution in [2.75, 3.05) is 13.2 Å². The zero-order valence-corrected chi connectivity index (χ0v) is 19.4. The Morgan fingerprint density at radius 3 is 1.26 bits per heavy atom. The van der Waals surface area contributed by atoms with Crippen LogP contribution < -0.4 is 10.2 Å². The van der Waals surface area contributed by atoms with E-state index in [1.807, 2.05) is 13.8 Å². The van der Waals surface area contributed by atoms with Crippen LogP contribution in [0.15, 0.2) is 0 Å². The zero-order valence-electron chi connectivity index (χ0n) is 15.0. The summed E-state index contributed by atoms with van der Waals surface area (Å²) in [6.45, 7) is 8.45. The van der Waals surface area contributed by atoms with Crippen LogP contribution in [0, 0.1) is 0 Å². The average molecular weight is 456 g/mol. The van der Waals surface area contributed by atoms with Gasteiger partial charge in [-0.25, -0.2) is 0 Å². The minimum absolute atomic E-state index is 0. The molecule has 0 N–H and O–H groups in total. The predicted molar refractivity (Wildman–Crippen MR) is 85.6 cm³/mol. The van der Waals surface area contributed by atoms with E-state index in [0.29, 0.717) is 26.1 Å². The molecule has 0 saturated carbocycles. The zero-order chi connectivity index (χ0) is 17.4. The first kappa shape index (κ1) is 28.2. The number of ether oxygens (including phenoxy) is 2. The quantitative estimate of drug-likeness (QED) is 0.392. The molecule has 6 nitrogen and oxygen atoms in total. The van der Waals surface area contributed by atoms with E-state index in [1.54, 1.807) is 13.8 Å². The molecule has 7 heteroatoms. The number of carboxylic acid groups (broad SMARTS) is 2. The van der Waals surface area contributed by atoms with Crippen molar-refractivity contribution in [1.82, 2.24) is 0 Å². The number of hydrogen-bond acceptors (Lipinski definition) is 6. The van der Waals surface area contributed by atoms with Crippen LogP contribution in [0.1, 0.15) is 66.2 Å². The van der Waals surface area contributed by atoms with E-state index in [-0.39, 0.29) is 48.9 Å². The molecule has 0 aliphatic heterocycles. The van der Waals surface area contributed by atoms with E-state index in [2.05, 4.69) is 0 Å². The van der Waals surface area contributed by atoms with Crippen molar-refractivity contribution < 1.29 is 29.3 Å². The maximum Gasteiger partial charge on any atom is 2.00 e. The molecule has 0 spiro atoms. The monoisotopic (exact) mass is 456 g/mol. The van der Waals surface area contributed by atoms with E-state index < -0.39 is 24.1 Å². The van der Waals surface area contributed by atoms with E-state index in [0.717, 1.165) is 25.7 Å². The Morgan fingerprint density at radius 1 is 0.783 bits per heavy atom. The first-order chi connectivity index (χ1) is 10.4. The normalized spacial score (nSPS) is 12.3. The van der Waals surface area contributed by atoms with Gasteiger partial charge < -0.3 is 29.3 Å². The molecule has 0 radical (unpaired) electrons. The summed E-state index contributed by atoms with van der Waals surface area (Å²) in [7, 11) is 0. The molecule has 0 aliphatic carbocycles. The number of unbranched alkanes of at least 4 members (excludes halogenated alkanes) is 2. The van der Waals surface area contributed by atoms with Gasteiger partial charge in [0.25, 0.3) is 0 Å². The molecule has 23 heavy (non-hydrogen) atoms. The van der Waals surface area contributed by atoms with E-state index in [1.165, 1.54) is 0 Å². The van der Waals surface area contributed by atoms with Crippen LogP contribution in [0.25, 0.3) is 0 Å². The average Bonchev–Trinajstić information content (AvgIpc) is 2.48. The summed E-state index contributed by atoms with van der Waals surface area (Å²) in [6, 6.07) is 0. The minimum Gasteiger partial charge on any atom is -0.547 e. The second-order valence-corrected chi connectivity index (χ2v) is 4.81. The van der Waals surface area contributed by atoms with E-state index in [4.69, 9.17) is 9.47 Å². The largest absolute Gasteiger partial charge is 2.00 e. The fraction of sp³-hybridized carbons (Fsp3) is 0.875. The number of hydrogen-bond donors (Lipinski definition) is 0. The van der Waals surface area contributed by atoms with Crippen LogP contribution in [0.2, 0.25) is 0 Å². The minimum atomic E-state index is -1.10. The van der Waals surface area contributed by atoms with Crippen molar-refractivity contribution in [2.45, 2.75) is 78.4 Å². The van der Waals surface area contributed by atoms with Gasteiger partial charge in [-0.15, -0.1) is 0 Å². The second kappa shape index (κ2) is 20.5. The number of rotatable bonds is 12. The predicted octanol–water partition coefficient (Wildman–Crippen LogP) is 0.282. The first-order valence-corrected chi connectivity index (χ1v) is 8.09. The molecule has 0 saturated heterocycles. The maximum absolute atomic E-state index is 10.4. The molecule has 0 aromatic rings. The third-order valence-corrected chi connectivity index (χ3v) is 2.90. The van der Waals surface area contributed by atoms with Gasteiger partial charge in [0.2, 0.25) is 0 Å². The van der Waals surface area contributed by atoms with Crippen molar-refractivity contribution in [3.63, 3.8) is 0 Å². The summed E-state index contributed by atoms with van der Waals surface area (Å²) in [5.41, 5.74) is 0. The molecule has 2 atom stereocenters. The Balaban J connectivity index is -0.000000333. The molecule has 0 heterocycles. The van der Waals surface area contributed by atoms with Gasteiger partial charge in [-0.1, -0.05) is 39.5 Å². The molecule has 0 aliphatic rings. The van der Waals surface area contributed by atoms with Crippen LogP contribution in [-0.2, 0) is 19.1 Å². The van der Waals surface area contributed by atoms with E-state index in [9.17, 15) is 19.8 Å². The Labute approximate surface area is 180 Å². The fourth-order valence-corrected chi connectivity index (χ4v) is 1.72. The topological polar surface area (TPSA) is 98.7 Å². The number of aliphatic carboxylic acids is 2. The summed E-state index contributed by atoms with van der Waals surface area (Å²) in [5.74, 6) is -2.19. The second-order valence-electron chi connectivity index (χ2n) is 4.81. The van der Waals surface area contributed by atoms with Crippen LogP contribution in [0.3, 0.4) is 0 Å². The molecule has 2 unspecified atom stereocenters. The molecular weight excluding hydrogens is 425 g/mol. The van der Waals surface area contributed by atoms with Crippen molar-refractivity contribution in [2.24, 2.45) is 0 Å². The number of carbonyl (C=O) groups excluding carboxylic acids is 2. The van der Waals surface area contributed by atoms with Crippen molar-refractivity contribution in [3.8, 4) is 0 Å². The van der Waals surface area contributed by atoms with Gasteiger partial charge in [-0.3, -0.25) is 0 Å². The number of carboxylic acids is 2. The Morgan fingerprint density at radius 2 is 1.09 bits per heavy atom.